The fourth-order valence-corrected chi connectivity index (χ4v) is 4.21. The van der Waals surface area contributed by atoms with Gasteiger partial charge in [-0.2, -0.15) is 0 Å². The van der Waals surface area contributed by atoms with E-state index in [2.05, 4.69) is 27.7 Å². The summed E-state index contributed by atoms with van der Waals surface area (Å²) in [5.41, 5.74) is 2.97. The summed E-state index contributed by atoms with van der Waals surface area (Å²) >= 11 is 0. The number of hydrogen-bond acceptors (Lipinski definition) is 3. The van der Waals surface area contributed by atoms with Gasteiger partial charge in [-0.15, -0.1) is 0 Å². The highest BCUT2D eigenvalue weighted by Gasteiger charge is 2.53. The first-order chi connectivity index (χ1) is 9.80. The minimum Gasteiger partial charge on any atom is -0.508 e. The van der Waals surface area contributed by atoms with E-state index < -0.39 is 0 Å². The molecule has 1 aromatic carbocycles. The molecule has 0 spiro atoms. The van der Waals surface area contributed by atoms with Gasteiger partial charge in [0.1, 0.15) is 5.75 Å². The Morgan fingerprint density at radius 1 is 1.00 bits per heavy atom. The Labute approximate surface area is 126 Å². The Morgan fingerprint density at radius 3 is 2.19 bits per heavy atom. The quantitative estimate of drug-likeness (QED) is 0.806. The minimum absolute atomic E-state index is 0.316. The second kappa shape index (κ2) is 4.05. The highest BCUT2D eigenvalue weighted by Crippen LogP contribution is 2.55. The molecule has 0 amide bonds. The lowest BCUT2D eigenvalue weighted by Crippen LogP contribution is -2.41. The molecule has 4 rings (SSSR count). The summed E-state index contributed by atoms with van der Waals surface area (Å²) in [7, 11) is -0.316. The van der Waals surface area contributed by atoms with Gasteiger partial charge in [-0.05, 0) is 75.9 Å². The van der Waals surface area contributed by atoms with Crippen LogP contribution in [0.4, 0.5) is 0 Å². The Kier molecular flexibility index (Phi) is 2.63. The van der Waals surface area contributed by atoms with Crippen molar-refractivity contribution >= 4 is 12.6 Å². The van der Waals surface area contributed by atoms with E-state index in [1.54, 1.807) is 0 Å². The maximum atomic E-state index is 10.2. The summed E-state index contributed by atoms with van der Waals surface area (Å²) in [4.78, 5) is 0. The van der Waals surface area contributed by atoms with E-state index in [0.717, 1.165) is 5.46 Å². The van der Waals surface area contributed by atoms with E-state index >= 15 is 0 Å². The van der Waals surface area contributed by atoms with E-state index in [0.29, 0.717) is 17.6 Å². The Balaban J connectivity index is 1.79. The zero-order chi connectivity index (χ0) is 15.0. The largest absolute Gasteiger partial charge is 0.508 e. The number of aromatic hydroxyl groups is 1. The van der Waals surface area contributed by atoms with Crippen molar-refractivity contribution in [1.82, 2.24) is 0 Å². The summed E-state index contributed by atoms with van der Waals surface area (Å²) in [6, 6.07) is 3.82. The normalized spacial score (nSPS) is 31.7. The van der Waals surface area contributed by atoms with Gasteiger partial charge in [0.25, 0.3) is 0 Å². The lowest BCUT2D eigenvalue weighted by Gasteiger charge is -2.32. The number of phenols is 1. The van der Waals surface area contributed by atoms with Gasteiger partial charge in [-0.25, -0.2) is 0 Å². The maximum absolute atomic E-state index is 10.2. The number of benzene rings is 1. The van der Waals surface area contributed by atoms with Gasteiger partial charge in [0.15, 0.2) is 0 Å². The molecule has 2 fully saturated rings. The van der Waals surface area contributed by atoms with Crippen LogP contribution in [0.3, 0.4) is 0 Å². The predicted octanol–water partition coefficient (Wildman–Crippen LogP) is 3.06. The first-order valence-corrected chi connectivity index (χ1v) is 8.01. The number of fused-ring (bicyclic) bond motifs is 5. The molecule has 0 radical (unpaired) electrons. The van der Waals surface area contributed by atoms with Crippen molar-refractivity contribution in [3.05, 3.63) is 23.3 Å². The molecule has 0 aromatic heterocycles. The first kappa shape index (κ1) is 13.7. The molecule has 4 heteroatoms. The minimum atomic E-state index is -0.319. The van der Waals surface area contributed by atoms with E-state index in [1.165, 1.54) is 30.4 Å². The molecule has 1 saturated heterocycles. The van der Waals surface area contributed by atoms with Crippen LogP contribution in [-0.2, 0) is 9.31 Å². The third-order valence-electron chi connectivity index (χ3n) is 6.05. The van der Waals surface area contributed by atoms with Gasteiger partial charge in [0.2, 0.25) is 0 Å². The highest BCUT2D eigenvalue weighted by atomic mass is 16.7. The second-order valence-corrected chi connectivity index (χ2v) is 7.80. The summed E-state index contributed by atoms with van der Waals surface area (Å²) in [6.45, 7) is 8.33. The lowest BCUT2D eigenvalue weighted by atomic mass is 9.71. The van der Waals surface area contributed by atoms with Crippen LogP contribution in [0.5, 0.6) is 5.75 Å². The molecule has 21 heavy (non-hydrogen) atoms. The van der Waals surface area contributed by atoms with Gasteiger partial charge < -0.3 is 14.4 Å². The van der Waals surface area contributed by atoms with Crippen LogP contribution in [0.25, 0.3) is 0 Å². The molecule has 1 aromatic rings. The Bertz CT molecular complexity index is 592. The van der Waals surface area contributed by atoms with Crippen molar-refractivity contribution in [3.63, 3.8) is 0 Å². The van der Waals surface area contributed by atoms with E-state index in [4.69, 9.17) is 9.31 Å². The third-order valence-corrected chi connectivity index (χ3v) is 6.05. The summed E-state index contributed by atoms with van der Waals surface area (Å²) < 4.78 is 12.4. The SMILES string of the molecule is CC1(C)OB(c2ccc(O)c3c2C2CCC3C2)OC1(C)C. The van der Waals surface area contributed by atoms with Crippen molar-refractivity contribution in [1.29, 1.82) is 0 Å². The fourth-order valence-electron chi connectivity index (χ4n) is 4.21. The number of hydrogen-bond donors (Lipinski definition) is 1. The standard InChI is InChI=1S/C17H23BO3/c1-16(2)17(3,4)21-18(20-16)12-7-8-13(19)15-11-6-5-10(9-11)14(12)15/h7-8,10-11,19H,5-6,9H2,1-4H3. The molecule has 1 aliphatic heterocycles. The number of rotatable bonds is 1. The van der Waals surface area contributed by atoms with Crippen LogP contribution in [-0.4, -0.2) is 23.4 Å². The average molecular weight is 286 g/mol. The van der Waals surface area contributed by atoms with Crippen LogP contribution in [0.2, 0.25) is 0 Å². The molecule has 2 bridgehead atoms. The van der Waals surface area contributed by atoms with Crippen LogP contribution >= 0.6 is 0 Å². The van der Waals surface area contributed by atoms with Crippen LogP contribution in [0.1, 0.15) is 69.9 Å². The second-order valence-electron chi connectivity index (χ2n) is 7.80. The monoisotopic (exact) mass is 286 g/mol. The lowest BCUT2D eigenvalue weighted by molar-refractivity contribution is 0.00578. The summed E-state index contributed by atoms with van der Waals surface area (Å²) in [6.07, 6.45) is 3.62. The van der Waals surface area contributed by atoms with Crippen LogP contribution < -0.4 is 5.46 Å². The zero-order valence-corrected chi connectivity index (χ0v) is 13.3. The topological polar surface area (TPSA) is 38.7 Å². The number of phenolic OH excluding ortho intramolecular Hbond substituents is 1. The predicted molar refractivity (Wildman–Crippen MR) is 83.2 cm³/mol. The molecule has 1 heterocycles. The van der Waals surface area contributed by atoms with E-state index in [-0.39, 0.29) is 18.3 Å². The molecule has 2 unspecified atom stereocenters. The Morgan fingerprint density at radius 2 is 1.57 bits per heavy atom. The van der Waals surface area contributed by atoms with Crippen molar-refractivity contribution in [2.75, 3.05) is 0 Å². The third kappa shape index (κ3) is 1.75. The van der Waals surface area contributed by atoms with Crippen LogP contribution in [0, 0.1) is 0 Å². The van der Waals surface area contributed by atoms with Crippen molar-refractivity contribution in [2.45, 2.75) is 70.0 Å². The molecule has 2 aliphatic carbocycles. The van der Waals surface area contributed by atoms with Gasteiger partial charge in [-0.3, -0.25) is 0 Å². The van der Waals surface area contributed by atoms with Crippen molar-refractivity contribution in [2.24, 2.45) is 0 Å². The molecule has 3 nitrogen and oxygen atoms in total. The average Bonchev–Trinajstić information content (AvgIpc) is 3.03. The van der Waals surface area contributed by atoms with Crippen LogP contribution in [0.15, 0.2) is 12.1 Å². The van der Waals surface area contributed by atoms with Gasteiger partial charge in [0, 0.05) is 5.56 Å². The smallest absolute Gasteiger partial charge is 0.495 e. The molecule has 112 valence electrons. The molecule has 1 N–H and O–H groups in total. The van der Waals surface area contributed by atoms with Crippen molar-refractivity contribution in [3.8, 4) is 5.75 Å². The highest BCUT2D eigenvalue weighted by molar-refractivity contribution is 6.62. The molecular weight excluding hydrogens is 263 g/mol. The summed E-state index contributed by atoms with van der Waals surface area (Å²) in [5.74, 6) is 1.57. The molecule has 1 saturated carbocycles. The van der Waals surface area contributed by atoms with E-state index in [9.17, 15) is 5.11 Å². The van der Waals surface area contributed by atoms with Gasteiger partial charge in [-0.1, -0.05) is 6.07 Å². The maximum Gasteiger partial charge on any atom is 0.495 e. The van der Waals surface area contributed by atoms with Gasteiger partial charge >= 0.3 is 7.12 Å². The molecule has 3 aliphatic rings. The molecule has 2 atom stereocenters. The Hall–Kier alpha value is -0.995. The zero-order valence-electron chi connectivity index (χ0n) is 13.3. The summed E-state index contributed by atoms with van der Waals surface area (Å²) in [5, 5.41) is 10.2. The first-order valence-electron chi connectivity index (χ1n) is 8.01. The van der Waals surface area contributed by atoms with Gasteiger partial charge in [0.05, 0.1) is 11.2 Å². The molecular formula is C17H23BO3. The van der Waals surface area contributed by atoms with E-state index in [1.807, 2.05) is 12.1 Å². The van der Waals surface area contributed by atoms with Crippen molar-refractivity contribution < 1.29 is 14.4 Å². The fraction of sp³-hybridized carbons (Fsp3) is 0.647.